The minimum absolute atomic E-state index is 0.0285. The molecule has 0 spiro atoms. The quantitative estimate of drug-likeness (QED) is 0.875. The maximum Gasteiger partial charge on any atom is 0.240 e. The average Bonchev–Trinajstić information content (AvgIpc) is 2.33. The van der Waals surface area contributed by atoms with Crippen molar-refractivity contribution < 1.29 is 13.2 Å². The molecule has 0 saturated heterocycles. The zero-order chi connectivity index (χ0) is 16.2. The van der Waals surface area contributed by atoms with Crippen molar-refractivity contribution in [2.45, 2.75) is 39.7 Å². The van der Waals surface area contributed by atoms with E-state index in [2.05, 4.69) is 5.32 Å². The number of hydrogen-bond acceptors (Lipinski definition) is 3. The lowest BCUT2D eigenvalue weighted by atomic mass is 10.0. The van der Waals surface area contributed by atoms with Gasteiger partial charge in [0.15, 0.2) is 0 Å². The van der Waals surface area contributed by atoms with Gasteiger partial charge in [-0.15, -0.1) is 0 Å². The molecular formula is C15H24N2O3S. The standard InChI is InChI=1S/C15H24N2O3S/c1-11(2)13-8-6-7-9-14(13)17(21(5,19)20)10-15(18)16-12(3)4/h6-9,11-12H,10H2,1-5H3,(H,16,18). The second kappa shape index (κ2) is 6.93. The molecule has 1 aromatic rings. The van der Waals surface area contributed by atoms with E-state index in [0.29, 0.717) is 5.69 Å². The number of amides is 1. The van der Waals surface area contributed by atoms with Crippen LogP contribution in [0.1, 0.15) is 39.2 Å². The maximum atomic E-state index is 12.1. The van der Waals surface area contributed by atoms with Crippen LogP contribution in [-0.2, 0) is 14.8 Å². The van der Waals surface area contributed by atoms with Gasteiger partial charge in [-0.05, 0) is 31.4 Å². The number of rotatable bonds is 6. The number of sulfonamides is 1. The van der Waals surface area contributed by atoms with Crippen LogP contribution in [0, 0.1) is 0 Å². The van der Waals surface area contributed by atoms with Crippen LogP contribution in [0.3, 0.4) is 0 Å². The summed E-state index contributed by atoms with van der Waals surface area (Å²) in [6, 6.07) is 7.24. The van der Waals surface area contributed by atoms with Crippen LogP contribution in [0.25, 0.3) is 0 Å². The first-order valence-electron chi connectivity index (χ1n) is 6.99. The van der Waals surface area contributed by atoms with Crippen molar-refractivity contribution in [2.75, 3.05) is 17.1 Å². The largest absolute Gasteiger partial charge is 0.352 e. The third-order valence-corrected chi connectivity index (χ3v) is 4.09. The normalized spacial score (nSPS) is 11.8. The average molecular weight is 312 g/mol. The fraction of sp³-hybridized carbons (Fsp3) is 0.533. The lowest BCUT2D eigenvalue weighted by Crippen LogP contribution is -2.42. The molecule has 0 fully saturated rings. The first kappa shape index (κ1) is 17.5. The topological polar surface area (TPSA) is 66.5 Å². The van der Waals surface area contributed by atoms with Gasteiger partial charge in [0.25, 0.3) is 0 Å². The fourth-order valence-electron chi connectivity index (χ4n) is 2.08. The monoisotopic (exact) mass is 312 g/mol. The number of nitrogens with one attached hydrogen (secondary N) is 1. The molecule has 6 heteroatoms. The van der Waals surface area contributed by atoms with Crippen molar-refractivity contribution in [1.82, 2.24) is 5.32 Å². The molecule has 0 radical (unpaired) electrons. The molecule has 5 nitrogen and oxygen atoms in total. The Hall–Kier alpha value is -1.56. The van der Waals surface area contributed by atoms with Crippen LogP contribution in [-0.4, -0.2) is 33.2 Å². The molecule has 0 saturated carbocycles. The number of carbonyl (C=O) groups excluding carboxylic acids is 1. The van der Waals surface area contributed by atoms with E-state index in [1.54, 1.807) is 12.1 Å². The molecule has 0 aromatic heterocycles. The van der Waals surface area contributed by atoms with Gasteiger partial charge in [0, 0.05) is 6.04 Å². The van der Waals surface area contributed by atoms with Gasteiger partial charge < -0.3 is 5.32 Å². The SMILES string of the molecule is CC(C)NC(=O)CN(c1ccccc1C(C)C)S(C)(=O)=O. The third-order valence-electron chi connectivity index (χ3n) is 2.96. The maximum absolute atomic E-state index is 12.1. The van der Waals surface area contributed by atoms with E-state index in [9.17, 15) is 13.2 Å². The summed E-state index contributed by atoms with van der Waals surface area (Å²) in [5.74, 6) is -0.146. The second-order valence-electron chi connectivity index (χ2n) is 5.71. The zero-order valence-electron chi connectivity index (χ0n) is 13.3. The lowest BCUT2D eigenvalue weighted by molar-refractivity contribution is -0.120. The molecule has 21 heavy (non-hydrogen) atoms. The van der Waals surface area contributed by atoms with Crippen LogP contribution in [0.2, 0.25) is 0 Å². The molecule has 0 aliphatic carbocycles. The number of benzene rings is 1. The summed E-state index contributed by atoms with van der Waals surface area (Å²) < 4.78 is 25.3. The highest BCUT2D eigenvalue weighted by atomic mass is 32.2. The minimum atomic E-state index is -3.53. The minimum Gasteiger partial charge on any atom is -0.352 e. The van der Waals surface area contributed by atoms with Crippen LogP contribution in [0.5, 0.6) is 0 Å². The van der Waals surface area contributed by atoms with Crippen molar-refractivity contribution in [3.63, 3.8) is 0 Å². The first-order chi connectivity index (χ1) is 9.62. The van der Waals surface area contributed by atoms with Crippen LogP contribution >= 0.6 is 0 Å². The lowest BCUT2D eigenvalue weighted by Gasteiger charge is -2.26. The predicted octanol–water partition coefficient (Wildman–Crippen LogP) is 2.10. The van der Waals surface area contributed by atoms with Gasteiger partial charge >= 0.3 is 0 Å². The van der Waals surface area contributed by atoms with Gasteiger partial charge in [-0.1, -0.05) is 32.0 Å². The van der Waals surface area contributed by atoms with E-state index in [0.717, 1.165) is 11.8 Å². The van der Waals surface area contributed by atoms with E-state index < -0.39 is 10.0 Å². The van der Waals surface area contributed by atoms with Crippen molar-refractivity contribution >= 4 is 21.6 Å². The number of nitrogens with zero attached hydrogens (tertiary/aromatic N) is 1. The van der Waals surface area contributed by atoms with Crippen LogP contribution in [0.4, 0.5) is 5.69 Å². The summed E-state index contributed by atoms with van der Waals surface area (Å²) in [6.45, 7) is 7.46. The molecule has 1 aromatic carbocycles. The molecule has 0 bridgehead atoms. The smallest absolute Gasteiger partial charge is 0.240 e. The Labute approximate surface area is 127 Å². The number of para-hydroxylation sites is 1. The zero-order valence-corrected chi connectivity index (χ0v) is 14.1. The molecule has 0 aliphatic heterocycles. The molecule has 0 atom stereocenters. The molecule has 1 rings (SSSR count). The number of carbonyl (C=O) groups is 1. The van der Waals surface area contributed by atoms with Crippen molar-refractivity contribution in [3.8, 4) is 0 Å². The molecule has 0 aliphatic rings. The Morgan fingerprint density at radius 3 is 2.24 bits per heavy atom. The molecule has 1 amide bonds. The summed E-state index contributed by atoms with van der Waals surface area (Å²) in [6.07, 6.45) is 1.12. The van der Waals surface area contributed by atoms with Gasteiger partial charge in [0.2, 0.25) is 15.9 Å². The molecule has 0 heterocycles. The van der Waals surface area contributed by atoms with Crippen LogP contribution < -0.4 is 9.62 Å². The Kier molecular flexibility index (Phi) is 5.78. The van der Waals surface area contributed by atoms with E-state index in [1.165, 1.54) is 4.31 Å². The summed E-state index contributed by atoms with van der Waals surface area (Å²) in [5.41, 5.74) is 1.47. The summed E-state index contributed by atoms with van der Waals surface area (Å²) in [7, 11) is -3.53. The van der Waals surface area contributed by atoms with E-state index >= 15 is 0 Å². The summed E-state index contributed by atoms with van der Waals surface area (Å²) in [5, 5.41) is 2.72. The molecule has 118 valence electrons. The van der Waals surface area contributed by atoms with Crippen molar-refractivity contribution in [1.29, 1.82) is 0 Å². The van der Waals surface area contributed by atoms with Gasteiger partial charge in [-0.2, -0.15) is 0 Å². The number of anilines is 1. The highest BCUT2D eigenvalue weighted by molar-refractivity contribution is 7.92. The third kappa shape index (κ3) is 5.04. The van der Waals surface area contributed by atoms with Gasteiger partial charge in [-0.3, -0.25) is 9.10 Å². The van der Waals surface area contributed by atoms with Crippen LogP contribution in [0.15, 0.2) is 24.3 Å². The predicted molar refractivity (Wildman–Crippen MR) is 86.0 cm³/mol. The van der Waals surface area contributed by atoms with Crippen molar-refractivity contribution in [3.05, 3.63) is 29.8 Å². The highest BCUT2D eigenvalue weighted by Crippen LogP contribution is 2.28. The van der Waals surface area contributed by atoms with E-state index in [4.69, 9.17) is 0 Å². The molecular weight excluding hydrogens is 288 g/mol. The highest BCUT2D eigenvalue weighted by Gasteiger charge is 2.23. The number of hydrogen-bond donors (Lipinski definition) is 1. The van der Waals surface area contributed by atoms with E-state index in [-0.39, 0.29) is 24.4 Å². The Bertz CT molecular complexity index is 595. The second-order valence-corrected chi connectivity index (χ2v) is 7.61. The summed E-state index contributed by atoms with van der Waals surface area (Å²) in [4.78, 5) is 11.9. The van der Waals surface area contributed by atoms with Gasteiger partial charge in [0.1, 0.15) is 6.54 Å². The van der Waals surface area contributed by atoms with Crippen molar-refractivity contribution in [2.24, 2.45) is 0 Å². The van der Waals surface area contributed by atoms with Gasteiger partial charge in [0.05, 0.1) is 11.9 Å². The Morgan fingerprint density at radius 2 is 1.76 bits per heavy atom. The Morgan fingerprint density at radius 1 is 1.19 bits per heavy atom. The van der Waals surface area contributed by atoms with E-state index in [1.807, 2.05) is 39.8 Å². The first-order valence-corrected chi connectivity index (χ1v) is 8.83. The molecule has 0 unspecified atom stereocenters. The molecule has 1 N–H and O–H groups in total. The fourth-order valence-corrected chi connectivity index (χ4v) is 2.96. The summed E-state index contributed by atoms with van der Waals surface area (Å²) >= 11 is 0. The Balaban J connectivity index is 3.19. The van der Waals surface area contributed by atoms with Gasteiger partial charge in [-0.25, -0.2) is 8.42 Å².